The van der Waals surface area contributed by atoms with Crippen LogP contribution in [0.3, 0.4) is 0 Å². The highest BCUT2D eigenvalue weighted by Gasteiger charge is 2.38. The minimum atomic E-state index is -5.08. The second-order valence-corrected chi connectivity index (χ2v) is 2.95. The minimum absolute atomic E-state index is 0.215. The van der Waals surface area contributed by atoms with Gasteiger partial charge in [-0.1, -0.05) is 0 Å². The number of amides is 1. The zero-order valence-corrected chi connectivity index (χ0v) is 9.68. The van der Waals surface area contributed by atoms with Gasteiger partial charge in [0.25, 0.3) is 0 Å². The number of alkyl halides is 3. The zero-order valence-electron chi connectivity index (χ0n) is 9.68. The molecule has 0 saturated carbocycles. The third kappa shape index (κ3) is 14.3. The van der Waals surface area contributed by atoms with Crippen LogP contribution in [0.1, 0.15) is 0 Å². The highest BCUT2D eigenvalue weighted by atomic mass is 19.4. The average molecular weight is 292 g/mol. The van der Waals surface area contributed by atoms with E-state index in [1.807, 2.05) is 0 Å². The van der Waals surface area contributed by atoms with E-state index in [0.29, 0.717) is 13.1 Å². The number of nitrogens with two attached hydrogens (primary N) is 1. The SMILES string of the molecule is NCCNC(=O)OC[C@H](O)CO.O=C(O)C(F)(F)F. The predicted octanol–water partition coefficient (Wildman–Crippen LogP) is -1.34. The Bertz CT molecular complexity index is 274. The summed E-state index contributed by atoms with van der Waals surface area (Å²) >= 11 is 0. The molecule has 6 N–H and O–H groups in total. The van der Waals surface area contributed by atoms with Crippen molar-refractivity contribution < 1.29 is 42.8 Å². The van der Waals surface area contributed by atoms with Crippen molar-refractivity contribution in [2.45, 2.75) is 12.3 Å². The summed E-state index contributed by atoms with van der Waals surface area (Å²) in [5.74, 6) is -2.76. The van der Waals surface area contributed by atoms with Crippen LogP contribution in [0.15, 0.2) is 0 Å². The minimum Gasteiger partial charge on any atom is -0.475 e. The van der Waals surface area contributed by atoms with E-state index in [9.17, 15) is 18.0 Å². The molecular weight excluding hydrogens is 277 g/mol. The fraction of sp³-hybridized carbons (Fsp3) is 0.750. The summed E-state index contributed by atoms with van der Waals surface area (Å²) in [5.41, 5.74) is 5.10. The number of ether oxygens (including phenoxy) is 1. The number of aliphatic hydroxyl groups excluding tert-OH is 2. The number of hydrogen-bond donors (Lipinski definition) is 5. The van der Waals surface area contributed by atoms with Crippen molar-refractivity contribution in [3.8, 4) is 0 Å². The highest BCUT2D eigenvalue weighted by molar-refractivity contribution is 5.73. The number of carbonyl (C=O) groups is 2. The second-order valence-electron chi connectivity index (χ2n) is 2.95. The fourth-order valence-corrected chi connectivity index (χ4v) is 0.450. The first-order valence-electron chi connectivity index (χ1n) is 4.84. The number of carbonyl (C=O) groups excluding carboxylic acids is 1. The predicted molar refractivity (Wildman–Crippen MR) is 55.2 cm³/mol. The van der Waals surface area contributed by atoms with Gasteiger partial charge < -0.3 is 31.1 Å². The maximum atomic E-state index is 10.6. The van der Waals surface area contributed by atoms with Crippen molar-refractivity contribution in [2.75, 3.05) is 26.3 Å². The lowest BCUT2D eigenvalue weighted by molar-refractivity contribution is -0.192. The molecule has 1 atom stereocenters. The molecule has 0 heterocycles. The normalized spacial score (nSPS) is 11.9. The Kier molecular flexibility index (Phi) is 10.7. The van der Waals surface area contributed by atoms with Crippen LogP contribution in [-0.2, 0) is 9.53 Å². The largest absolute Gasteiger partial charge is 0.490 e. The molecular formula is C8H15F3N2O6. The molecule has 1 amide bonds. The van der Waals surface area contributed by atoms with E-state index in [1.54, 1.807) is 0 Å². The fourth-order valence-electron chi connectivity index (χ4n) is 0.450. The van der Waals surface area contributed by atoms with Gasteiger partial charge in [-0.05, 0) is 0 Å². The van der Waals surface area contributed by atoms with E-state index in [-0.39, 0.29) is 6.61 Å². The van der Waals surface area contributed by atoms with E-state index in [4.69, 9.17) is 25.8 Å². The molecule has 19 heavy (non-hydrogen) atoms. The molecule has 0 spiro atoms. The molecule has 0 saturated heterocycles. The lowest BCUT2D eigenvalue weighted by atomic mass is 10.4. The second kappa shape index (κ2) is 10.3. The van der Waals surface area contributed by atoms with Crippen molar-refractivity contribution in [3.63, 3.8) is 0 Å². The Labute approximate surface area is 106 Å². The number of hydrogen-bond acceptors (Lipinski definition) is 6. The molecule has 0 aliphatic rings. The third-order valence-electron chi connectivity index (χ3n) is 1.27. The standard InChI is InChI=1S/C6H14N2O4.C2HF3O2/c7-1-2-8-6(11)12-4-5(10)3-9;3-2(4,5)1(6)7/h5,9-10H,1-4,7H2,(H,8,11);(H,6,7)/t5-;/m1./s1. The molecule has 0 aromatic rings. The van der Waals surface area contributed by atoms with Crippen molar-refractivity contribution in [1.29, 1.82) is 0 Å². The van der Waals surface area contributed by atoms with E-state index >= 15 is 0 Å². The van der Waals surface area contributed by atoms with Gasteiger partial charge in [0.05, 0.1) is 6.61 Å². The summed E-state index contributed by atoms with van der Waals surface area (Å²) in [7, 11) is 0. The smallest absolute Gasteiger partial charge is 0.475 e. The van der Waals surface area contributed by atoms with Crippen LogP contribution in [0.5, 0.6) is 0 Å². The summed E-state index contributed by atoms with van der Waals surface area (Å²) in [6.45, 7) is 0.0166. The Morgan fingerprint density at radius 3 is 2.16 bits per heavy atom. The maximum absolute atomic E-state index is 10.6. The molecule has 114 valence electrons. The number of carboxylic acid groups (broad SMARTS) is 1. The first-order valence-corrected chi connectivity index (χ1v) is 4.84. The van der Waals surface area contributed by atoms with Gasteiger partial charge in [0.2, 0.25) is 0 Å². The van der Waals surface area contributed by atoms with Gasteiger partial charge in [0.15, 0.2) is 0 Å². The Balaban J connectivity index is 0. The van der Waals surface area contributed by atoms with E-state index in [0.717, 1.165) is 0 Å². The Morgan fingerprint density at radius 1 is 1.37 bits per heavy atom. The number of nitrogens with one attached hydrogen (secondary N) is 1. The number of rotatable bonds is 5. The Morgan fingerprint density at radius 2 is 1.84 bits per heavy atom. The van der Waals surface area contributed by atoms with Crippen LogP contribution in [0.4, 0.5) is 18.0 Å². The topological polar surface area (TPSA) is 142 Å². The molecule has 0 fully saturated rings. The molecule has 0 unspecified atom stereocenters. The number of aliphatic carboxylic acids is 1. The van der Waals surface area contributed by atoms with Gasteiger partial charge >= 0.3 is 18.2 Å². The number of halogens is 3. The summed E-state index contributed by atoms with van der Waals surface area (Å²) in [6, 6.07) is 0. The van der Waals surface area contributed by atoms with Crippen LogP contribution in [0.2, 0.25) is 0 Å². The molecule has 11 heteroatoms. The molecule has 0 bridgehead atoms. The lowest BCUT2D eigenvalue weighted by Gasteiger charge is -2.08. The average Bonchev–Trinajstić information content (AvgIpc) is 2.32. The summed E-state index contributed by atoms with van der Waals surface area (Å²) in [5, 5.41) is 26.6. The van der Waals surface area contributed by atoms with Gasteiger partial charge in [-0.15, -0.1) is 0 Å². The van der Waals surface area contributed by atoms with Crippen LogP contribution in [0.25, 0.3) is 0 Å². The van der Waals surface area contributed by atoms with Gasteiger partial charge in [-0.2, -0.15) is 13.2 Å². The molecule has 0 aliphatic heterocycles. The van der Waals surface area contributed by atoms with E-state index < -0.39 is 30.9 Å². The zero-order chi connectivity index (χ0) is 15.5. The first kappa shape index (κ1) is 19.7. The monoisotopic (exact) mass is 292 g/mol. The van der Waals surface area contributed by atoms with Crippen molar-refractivity contribution in [3.05, 3.63) is 0 Å². The molecule has 0 aliphatic carbocycles. The first-order chi connectivity index (χ1) is 8.65. The van der Waals surface area contributed by atoms with Crippen LogP contribution >= 0.6 is 0 Å². The van der Waals surface area contributed by atoms with E-state index in [1.165, 1.54) is 0 Å². The summed E-state index contributed by atoms with van der Waals surface area (Å²) in [4.78, 5) is 19.5. The lowest BCUT2D eigenvalue weighted by Crippen LogP contribution is -2.32. The molecule has 0 rings (SSSR count). The van der Waals surface area contributed by atoms with Gasteiger partial charge in [-0.25, -0.2) is 9.59 Å². The van der Waals surface area contributed by atoms with Crippen LogP contribution < -0.4 is 11.1 Å². The molecule has 8 nitrogen and oxygen atoms in total. The molecule has 0 aromatic heterocycles. The van der Waals surface area contributed by atoms with Crippen LogP contribution in [-0.4, -0.2) is 66.0 Å². The van der Waals surface area contributed by atoms with Crippen molar-refractivity contribution in [2.24, 2.45) is 5.73 Å². The Hall–Kier alpha value is -1.59. The van der Waals surface area contributed by atoms with Crippen molar-refractivity contribution >= 4 is 12.1 Å². The number of carboxylic acids is 1. The van der Waals surface area contributed by atoms with Crippen molar-refractivity contribution in [1.82, 2.24) is 5.32 Å². The molecule has 0 aromatic carbocycles. The van der Waals surface area contributed by atoms with Gasteiger partial charge in [0.1, 0.15) is 12.7 Å². The number of aliphatic hydroxyl groups is 2. The maximum Gasteiger partial charge on any atom is 0.490 e. The molecule has 0 radical (unpaired) electrons. The third-order valence-corrected chi connectivity index (χ3v) is 1.27. The quantitative estimate of drug-likeness (QED) is 0.422. The van der Waals surface area contributed by atoms with Gasteiger partial charge in [-0.3, -0.25) is 0 Å². The van der Waals surface area contributed by atoms with Crippen LogP contribution in [0, 0.1) is 0 Å². The van der Waals surface area contributed by atoms with Gasteiger partial charge in [0, 0.05) is 13.1 Å². The highest BCUT2D eigenvalue weighted by Crippen LogP contribution is 2.13. The summed E-state index contributed by atoms with van der Waals surface area (Å²) < 4.78 is 36.2. The summed E-state index contributed by atoms with van der Waals surface area (Å²) in [6.07, 6.45) is -6.75. The van der Waals surface area contributed by atoms with E-state index in [2.05, 4.69) is 10.1 Å². The number of alkyl carbamates (subject to hydrolysis) is 1.